The monoisotopic (exact) mass is 216 g/mol. The molecule has 0 saturated heterocycles. The first-order chi connectivity index (χ1) is 7.75. The number of benzene rings is 1. The minimum Gasteiger partial charge on any atom is -0.472 e. The molecule has 84 valence electrons. The van der Waals surface area contributed by atoms with Crippen molar-refractivity contribution < 1.29 is 4.42 Å². The van der Waals surface area contributed by atoms with Gasteiger partial charge in [0.25, 0.3) is 0 Å². The van der Waals surface area contributed by atoms with Gasteiger partial charge in [0.05, 0.1) is 12.5 Å². The number of nitrogen functional groups attached to an aromatic ring is 1. The Hall–Kier alpha value is -1.74. The van der Waals surface area contributed by atoms with Crippen LogP contribution in [0.3, 0.4) is 0 Å². The van der Waals surface area contributed by atoms with Gasteiger partial charge in [-0.05, 0) is 24.6 Å². The molecule has 0 aliphatic heterocycles. The maximum atomic E-state index is 5.89. The lowest BCUT2D eigenvalue weighted by atomic mass is 10.1. The van der Waals surface area contributed by atoms with Gasteiger partial charge in [0.1, 0.15) is 0 Å². The maximum absolute atomic E-state index is 5.89. The molecular weight excluding hydrogens is 200 g/mol. The number of anilines is 1. The second kappa shape index (κ2) is 4.86. The summed E-state index contributed by atoms with van der Waals surface area (Å²) in [6.45, 7) is 3.64. The Balaban J connectivity index is 1.92. The smallest absolute Gasteiger partial charge is 0.0947 e. The van der Waals surface area contributed by atoms with Crippen LogP contribution in [0.1, 0.15) is 16.7 Å². The average molecular weight is 216 g/mol. The number of hydrogen-bond donors (Lipinski definition) is 2. The Morgan fingerprint density at radius 1 is 1.25 bits per heavy atom. The van der Waals surface area contributed by atoms with Crippen LogP contribution in [-0.4, -0.2) is 0 Å². The van der Waals surface area contributed by atoms with Gasteiger partial charge >= 0.3 is 0 Å². The summed E-state index contributed by atoms with van der Waals surface area (Å²) in [5.41, 5.74) is 10.2. The first kappa shape index (κ1) is 10.8. The van der Waals surface area contributed by atoms with Gasteiger partial charge in [0.15, 0.2) is 0 Å². The maximum Gasteiger partial charge on any atom is 0.0947 e. The normalized spacial score (nSPS) is 10.6. The van der Waals surface area contributed by atoms with Crippen LogP contribution in [0.25, 0.3) is 0 Å². The number of nitrogens with one attached hydrogen (secondary N) is 1. The van der Waals surface area contributed by atoms with E-state index in [4.69, 9.17) is 10.2 Å². The summed E-state index contributed by atoms with van der Waals surface area (Å²) in [5, 5.41) is 3.33. The van der Waals surface area contributed by atoms with Crippen LogP contribution in [0, 0.1) is 6.92 Å². The zero-order valence-corrected chi connectivity index (χ0v) is 9.36. The number of nitrogens with two attached hydrogens (primary N) is 1. The Morgan fingerprint density at radius 2 is 2.12 bits per heavy atom. The van der Waals surface area contributed by atoms with Crippen molar-refractivity contribution in [2.24, 2.45) is 0 Å². The van der Waals surface area contributed by atoms with E-state index in [1.807, 2.05) is 18.2 Å². The van der Waals surface area contributed by atoms with Crippen molar-refractivity contribution in [3.63, 3.8) is 0 Å². The van der Waals surface area contributed by atoms with Crippen LogP contribution < -0.4 is 11.1 Å². The second-order valence-corrected chi connectivity index (χ2v) is 3.94. The highest BCUT2D eigenvalue weighted by Crippen LogP contribution is 2.13. The molecule has 0 atom stereocenters. The minimum atomic E-state index is 0.776. The number of hydrogen-bond acceptors (Lipinski definition) is 3. The predicted octanol–water partition coefficient (Wildman–Crippen LogP) is 2.46. The van der Waals surface area contributed by atoms with Crippen LogP contribution >= 0.6 is 0 Å². The Morgan fingerprint density at radius 3 is 2.88 bits per heavy atom. The Kier molecular flexibility index (Phi) is 3.27. The van der Waals surface area contributed by atoms with Crippen molar-refractivity contribution >= 4 is 5.69 Å². The number of rotatable bonds is 4. The molecule has 3 nitrogen and oxygen atoms in total. The van der Waals surface area contributed by atoms with Crippen molar-refractivity contribution in [3.05, 3.63) is 53.5 Å². The van der Waals surface area contributed by atoms with Crippen LogP contribution in [0.2, 0.25) is 0 Å². The lowest BCUT2D eigenvalue weighted by Crippen LogP contribution is -2.13. The molecule has 0 saturated carbocycles. The summed E-state index contributed by atoms with van der Waals surface area (Å²) in [5.74, 6) is 0. The third kappa shape index (κ3) is 2.64. The molecule has 1 aromatic heterocycles. The van der Waals surface area contributed by atoms with Crippen molar-refractivity contribution in [2.45, 2.75) is 20.0 Å². The van der Waals surface area contributed by atoms with Crippen LogP contribution in [0.5, 0.6) is 0 Å². The molecule has 0 aliphatic rings. The van der Waals surface area contributed by atoms with Crippen molar-refractivity contribution in [2.75, 3.05) is 5.73 Å². The van der Waals surface area contributed by atoms with E-state index in [-0.39, 0.29) is 0 Å². The quantitative estimate of drug-likeness (QED) is 0.772. The molecule has 0 unspecified atom stereocenters. The van der Waals surface area contributed by atoms with E-state index in [0.29, 0.717) is 0 Å². The first-order valence-electron chi connectivity index (χ1n) is 5.32. The number of aryl methyl sites for hydroxylation is 1. The van der Waals surface area contributed by atoms with Gasteiger partial charge in [-0.1, -0.05) is 17.7 Å². The van der Waals surface area contributed by atoms with Crippen LogP contribution in [-0.2, 0) is 13.1 Å². The molecule has 3 N–H and O–H groups in total. The molecular formula is C13H16N2O. The zero-order chi connectivity index (χ0) is 11.4. The molecule has 16 heavy (non-hydrogen) atoms. The predicted molar refractivity (Wildman–Crippen MR) is 64.8 cm³/mol. The second-order valence-electron chi connectivity index (χ2n) is 3.94. The van der Waals surface area contributed by atoms with E-state index in [0.717, 1.165) is 29.9 Å². The first-order valence-corrected chi connectivity index (χ1v) is 5.32. The largest absolute Gasteiger partial charge is 0.472 e. The molecule has 0 amide bonds. The van der Waals surface area contributed by atoms with E-state index >= 15 is 0 Å². The molecule has 2 aromatic rings. The standard InChI is InChI=1S/C13H16N2O/c1-10-2-3-13(14)12(6-10)8-15-7-11-4-5-16-9-11/h2-6,9,15H,7-8,14H2,1H3. The fraction of sp³-hybridized carbons (Fsp3) is 0.231. The zero-order valence-electron chi connectivity index (χ0n) is 9.36. The summed E-state index contributed by atoms with van der Waals surface area (Å²) in [4.78, 5) is 0. The molecule has 1 aromatic carbocycles. The molecule has 0 radical (unpaired) electrons. The van der Waals surface area contributed by atoms with Crippen molar-refractivity contribution in [1.82, 2.24) is 5.32 Å². The molecule has 0 bridgehead atoms. The van der Waals surface area contributed by atoms with E-state index < -0.39 is 0 Å². The molecule has 0 aliphatic carbocycles. The number of furan rings is 1. The highest BCUT2D eigenvalue weighted by Gasteiger charge is 1.99. The van der Waals surface area contributed by atoms with Gasteiger partial charge in [-0.15, -0.1) is 0 Å². The molecule has 1 heterocycles. The molecule has 2 rings (SSSR count). The SMILES string of the molecule is Cc1ccc(N)c(CNCc2ccoc2)c1. The molecule has 0 fully saturated rings. The third-order valence-electron chi connectivity index (χ3n) is 2.52. The summed E-state index contributed by atoms with van der Waals surface area (Å²) in [7, 11) is 0. The van der Waals surface area contributed by atoms with Gasteiger partial charge < -0.3 is 15.5 Å². The Labute approximate surface area is 95.3 Å². The van der Waals surface area contributed by atoms with Gasteiger partial charge in [-0.2, -0.15) is 0 Å². The van der Waals surface area contributed by atoms with Gasteiger partial charge in [-0.25, -0.2) is 0 Å². The summed E-state index contributed by atoms with van der Waals surface area (Å²) < 4.78 is 5.00. The van der Waals surface area contributed by atoms with Crippen molar-refractivity contribution in [3.8, 4) is 0 Å². The van der Waals surface area contributed by atoms with E-state index in [1.54, 1.807) is 12.5 Å². The van der Waals surface area contributed by atoms with Crippen molar-refractivity contribution in [1.29, 1.82) is 0 Å². The molecule has 0 spiro atoms. The highest BCUT2D eigenvalue weighted by molar-refractivity contribution is 5.48. The Bertz CT molecular complexity index is 449. The summed E-state index contributed by atoms with van der Waals surface area (Å²) in [6, 6.07) is 8.03. The van der Waals surface area contributed by atoms with E-state index in [9.17, 15) is 0 Å². The van der Waals surface area contributed by atoms with Gasteiger partial charge in [0, 0.05) is 24.3 Å². The summed E-state index contributed by atoms with van der Waals surface area (Å²) >= 11 is 0. The lowest BCUT2D eigenvalue weighted by Gasteiger charge is -2.07. The van der Waals surface area contributed by atoms with Crippen LogP contribution in [0.4, 0.5) is 5.69 Å². The van der Waals surface area contributed by atoms with E-state index in [1.165, 1.54) is 5.56 Å². The minimum absolute atomic E-state index is 0.776. The molecule has 3 heteroatoms. The lowest BCUT2D eigenvalue weighted by molar-refractivity contribution is 0.560. The average Bonchev–Trinajstić information content (AvgIpc) is 2.76. The summed E-state index contributed by atoms with van der Waals surface area (Å²) in [6.07, 6.45) is 3.42. The van der Waals surface area contributed by atoms with E-state index in [2.05, 4.69) is 18.3 Å². The topological polar surface area (TPSA) is 51.2 Å². The fourth-order valence-electron chi connectivity index (χ4n) is 1.62. The fourth-order valence-corrected chi connectivity index (χ4v) is 1.62. The van der Waals surface area contributed by atoms with Gasteiger partial charge in [-0.3, -0.25) is 0 Å². The van der Waals surface area contributed by atoms with Gasteiger partial charge in [0.2, 0.25) is 0 Å². The van der Waals surface area contributed by atoms with Crippen LogP contribution in [0.15, 0.2) is 41.2 Å². The third-order valence-corrected chi connectivity index (χ3v) is 2.52. The highest BCUT2D eigenvalue weighted by atomic mass is 16.3.